The van der Waals surface area contributed by atoms with Gasteiger partial charge in [0.2, 0.25) is 0 Å². The highest BCUT2D eigenvalue weighted by atomic mass is 35.5. The number of aryl methyl sites for hydroxylation is 1. The number of sulfone groups is 1. The smallest absolute Gasteiger partial charge is 0.263 e. The topological polar surface area (TPSA) is 116 Å². The first-order valence-corrected chi connectivity index (χ1v) is 13.1. The van der Waals surface area contributed by atoms with E-state index in [0.29, 0.717) is 5.39 Å². The fraction of sp³-hybridized carbons (Fsp3) is 0.125. The van der Waals surface area contributed by atoms with Gasteiger partial charge in [-0.1, -0.05) is 35.4 Å². The molecule has 11 heteroatoms. The molecule has 0 aliphatic carbocycles. The molecule has 2 aromatic carbocycles. The summed E-state index contributed by atoms with van der Waals surface area (Å²) >= 11 is 6.62. The molecule has 2 heterocycles. The number of hydrogen-bond donors (Lipinski definition) is 1. The summed E-state index contributed by atoms with van der Waals surface area (Å²) in [5.41, 5.74) is 5.92. The van der Waals surface area contributed by atoms with Crippen LogP contribution >= 0.6 is 22.9 Å². The second-order valence-electron chi connectivity index (χ2n) is 7.95. The maximum atomic E-state index is 15.1. The van der Waals surface area contributed by atoms with Crippen LogP contribution in [0.15, 0.2) is 63.7 Å². The molecule has 7 nitrogen and oxygen atoms in total. The minimum atomic E-state index is -3.86. The summed E-state index contributed by atoms with van der Waals surface area (Å²) in [6.45, 7) is 1.80. The Balaban J connectivity index is 1.65. The number of halogens is 2. The molecule has 0 saturated heterocycles. The summed E-state index contributed by atoms with van der Waals surface area (Å²) in [5, 5.41) is 0.569. The Bertz CT molecular complexity index is 1680. The zero-order valence-electron chi connectivity index (χ0n) is 18.2. The van der Waals surface area contributed by atoms with E-state index in [4.69, 9.17) is 17.3 Å². The van der Waals surface area contributed by atoms with Crippen molar-refractivity contribution in [3.63, 3.8) is 0 Å². The predicted molar refractivity (Wildman–Crippen MR) is 133 cm³/mol. The molecule has 0 bridgehead atoms. The molecule has 0 aliphatic heterocycles. The van der Waals surface area contributed by atoms with Crippen LogP contribution in [0.3, 0.4) is 0 Å². The highest BCUT2D eigenvalue weighted by molar-refractivity contribution is 7.94. The molecule has 2 aromatic heterocycles. The zero-order chi connectivity index (χ0) is 25.5. The summed E-state index contributed by atoms with van der Waals surface area (Å²) < 4.78 is 41.1. The number of Topliss-reactive ketones (excluding diaryl/α,β-unsaturated/α-hetero) is 1. The average Bonchev–Trinajstić information content (AvgIpc) is 3.21. The Hall–Kier alpha value is -3.34. The third-order valence-corrected chi connectivity index (χ3v) is 8.81. The fourth-order valence-corrected chi connectivity index (χ4v) is 6.52. The number of hydrogen-bond acceptors (Lipinski definition) is 6. The number of fused-ring (bicyclic) bond motifs is 1. The highest BCUT2D eigenvalue weighted by Crippen LogP contribution is 2.27. The maximum Gasteiger partial charge on any atom is 0.263 e. The normalized spacial score (nSPS) is 11.6. The lowest BCUT2D eigenvalue weighted by atomic mass is 10.0. The summed E-state index contributed by atoms with van der Waals surface area (Å²) in [5.74, 6) is -2.98. The lowest BCUT2D eigenvalue weighted by molar-refractivity contribution is -0.116. The van der Waals surface area contributed by atoms with Crippen LogP contribution in [-0.4, -0.2) is 30.4 Å². The zero-order valence-corrected chi connectivity index (χ0v) is 20.6. The predicted octanol–water partition coefficient (Wildman–Crippen LogP) is 3.84. The van der Waals surface area contributed by atoms with Crippen molar-refractivity contribution in [2.24, 2.45) is 5.73 Å². The summed E-state index contributed by atoms with van der Waals surface area (Å²) in [6.07, 6.45) is 0.863. The SMILES string of the molecule is Cc1ccc2c(=O)n(-c3ccc(CC(=O)CS(=O)(=O)c4ccc(Cl)s4)cc3F)cc(C(N)=O)c2c1. The Labute approximate surface area is 208 Å². The van der Waals surface area contributed by atoms with Gasteiger partial charge in [-0.25, -0.2) is 12.8 Å². The molecule has 0 atom stereocenters. The third kappa shape index (κ3) is 5.04. The number of aromatic nitrogens is 1. The van der Waals surface area contributed by atoms with Crippen LogP contribution in [0.1, 0.15) is 21.5 Å². The molecule has 0 unspecified atom stereocenters. The van der Waals surface area contributed by atoms with Crippen molar-refractivity contribution >= 4 is 55.2 Å². The van der Waals surface area contributed by atoms with E-state index in [0.717, 1.165) is 27.5 Å². The molecule has 4 rings (SSSR count). The molecule has 0 aliphatic rings. The maximum absolute atomic E-state index is 15.1. The van der Waals surface area contributed by atoms with Gasteiger partial charge in [0.05, 0.1) is 15.6 Å². The van der Waals surface area contributed by atoms with Crippen LogP contribution in [0.4, 0.5) is 4.39 Å². The van der Waals surface area contributed by atoms with Crippen LogP contribution < -0.4 is 11.3 Å². The van der Waals surface area contributed by atoms with E-state index in [1.54, 1.807) is 25.1 Å². The van der Waals surface area contributed by atoms with Gasteiger partial charge in [-0.15, -0.1) is 11.3 Å². The van der Waals surface area contributed by atoms with Crippen molar-refractivity contribution in [3.05, 3.63) is 91.9 Å². The van der Waals surface area contributed by atoms with Gasteiger partial charge in [-0.2, -0.15) is 0 Å². The van der Waals surface area contributed by atoms with Crippen LogP contribution in [0, 0.1) is 12.7 Å². The van der Waals surface area contributed by atoms with Gasteiger partial charge in [0, 0.05) is 23.4 Å². The summed E-state index contributed by atoms with van der Waals surface area (Å²) in [7, 11) is -3.86. The number of benzene rings is 2. The number of rotatable bonds is 7. The van der Waals surface area contributed by atoms with E-state index >= 15 is 4.39 Å². The first kappa shape index (κ1) is 24.8. The molecule has 4 aromatic rings. The minimum Gasteiger partial charge on any atom is -0.366 e. The Morgan fingerprint density at radius 2 is 1.83 bits per heavy atom. The van der Waals surface area contributed by atoms with E-state index in [1.165, 1.54) is 30.5 Å². The van der Waals surface area contributed by atoms with Crippen molar-refractivity contribution in [1.82, 2.24) is 4.57 Å². The van der Waals surface area contributed by atoms with Crippen molar-refractivity contribution in [3.8, 4) is 5.69 Å². The molecule has 2 N–H and O–H groups in total. The van der Waals surface area contributed by atoms with Crippen LogP contribution in [0.5, 0.6) is 0 Å². The standard InChI is InChI=1S/C24H18ClFN2O5S2/c1-13-2-4-16-17(8-13)18(23(27)30)11-28(24(16)31)20-5-3-14(10-19(20)26)9-15(29)12-35(32,33)22-7-6-21(25)34-22/h2-8,10-11H,9,12H2,1H3,(H2,27,30). The minimum absolute atomic E-state index is 0.0199. The molecular formula is C24H18ClFN2O5S2. The number of primary amides is 1. The molecule has 0 saturated carbocycles. The second kappa shape index (κ2) is 9.37. The van der Waals surface area contributed by atoms with Crippen molar-refractivity contribution in [2.75, 3.05) is 5.75 Å². The molecule has 0 spiro atoms. The van der Waals surface area contributed by atoms with Gasteiger partial charge in [-0.3, -0.25) is 19.0 Å². The number of amides is 1. The first-order valence-electron chi connectivity index (χ1n) is 10.2. The van der Waals surface area contributed by atoms with Gasteiger partial charge in [-0.05, 0) is 42.8 Å². The number of ketones is 1. The lowest BCUT2D eigenvalue weighted by Gasteiger charge is -2.13. The number of thiophene rings is 1. The number of carbonyl (C=O) groups is 2. The van der Waals surface area contributed by atoms with Gasteiger partial charge >= 0.3 is 0 Å². The lowest BCUT2D eigenvalue weighted by Crippen LogP contribution is -2.23. The number of nitrogens with two attached hydrogens (primary N) is 1. The van der Waals surface area contributed by atoms with Crippen LogP contribution in [0.25, 0.3) is 16.5 Å². The van der Waals surface area contributed by atoms with Crippen molar-refractivity contribution < 1.29 is 22.4 Å². The number of nitrogens with zero attached hydrogens (tertiary/aromatic N) is 1. The van der Waals surface area contributed by atoms with Gasteiger partial charge < -0.3 is 5.73 Å². The monoisotopic (exact) mass is 532 g/mol. The number of carbonyl (C=O) groups excluding carboxylic acids is 2. The highest BCUT2D eigenvalue weighted by Gasteiger charge is 2.22. The molecule has 0 fully saturated rings. The Morgan fingerprint density at radius 1 is 1.09 bits per heavy atom. The van der Waals surface area contributed by atoms with E-state index in [-0.39, 0.29) is 37.2 Å². The third-order valence-electron chi connectivity index (χ3n) is 5.32. The molecule has 0 radical (unpaired) electrons. The van der Waals surface area contributed by atoms with E-state index in [2.05, 4.69) is 0 Å². The molecule has 35 heavy (non-hydrogen) atoms. The molecule has 1 amide bonds. The quantitative estimate of drug-likeness (QED) is 0.388. The van der Waals surface area contributed by atoms with Gasteiger partial charge in [0.15, 0.2) is 15.6 Å². The Morgan fingerprint density at radius 3 is 2.46 bits per heavy atom. The van der Waals surface area contributed by atoms with Gasteiger partial charge in [0.25, 0.3) is 11.5 Å². The van der Waals surface area contributed by atoms with Crippen molar-refractivity contribution in [1.29, 1.82) is 0 Å². The average molecular weight is 533 g/mol. The summed E-state index contributed by atoms with van der Waals surface area (Å²) in [6, 6.07) is 11.4. The second-order valence-corrected chi connectivity index (χ2v) is 11.9. The van der Waals surface area contributed by atoms with Crippen LogP contribution in [-0.2, 0) is 21.1 Å². The van der Waals surface area contributed by atoms with E-state index < -0.39 is 38.7 Å². The van der Waals surface area contributed by atoms with E-state index in [9.17, 15) is 22.8 Å². The van der Waals surface area contributed by atoms with E-state index in [1.807, 2.05) is 0 Å². The van der Waals surface area contributed by atoms with Crippen molar-refractivity contribution in [2.45, 2.75) is 17.6 Å². The fourth-order valence-electron chi connectivity index (χ4n) is 3.71. The molecular weight excluding hydrogens is 515 g/mol. The Kier molecular flexibility index (Phi) is 6.63. The molecule has 180 valence electrons. The van der Waals surface area contributed by atoms with Crippen LogP contribution in [0.2, 0.25) is 4.34 Å². The van der Waals surface area contributed by atoms with Gasteiger partial charge in [0.1, 0.15) is 15.8 Å². The number of pyridine rings is 1. The summed E-state index contributed by atoms with van der Waals surface area (Å²) in [4.78, 5) is 37.4. The largest absolute Gasteiger partial charge is 0.366 e. The first-order chi connectivity index (χ1) is 16.5.